The van der Waals surface area contributed by atoms with Crippen LogP contribution in [0.1, 0.15) is 12.0 Å². The summed E-state index contributed by atoms with van der Waals surface area (Å²) in [6.07, 6.45) is 1.13. The Kier molecular flexibility index (Phi) is 4.41. The molecule has 0 bridgehead atoms. The van der Waals surface area contributed by atoms with E-state index in [-0.39, 0.29) is 6.03 Å². The third-order valence-electron chi connectivity index (χ3n) is 5.76. The van der Waals surface area contributed by atoms with Gasteiger partial charge in [0, 0.05) is 25.7 Å². The monoisotopic (exact) mass is 394 g/mol. The number of amides is 2. The van der Waals surface area contributed by atoms with Gasteiger partial charge in [-0.05, 0) is 48.7 Å². The largest absolute Gasteiger partial charge is 0.431 e. The van der Waals surface area contributed by atoms with Crippen LogP contribution in [0.3, 0.4) is 0 Å². The zero-order valence-electron chi connectivity index (χ0n) is 15.5. The Hall–Kier alpha value is -2.64. The number of hydrogen-bond donors (Lipinski definition) is 1. The van der Waals surface area contributed by atoms with E-state index in [1.807, 2.05) is 30.3 Å². The lowest BCUT2D eigenvalue weighted by molar-refractivity contribution is 0.201. The van der Waals surface area contributed by atoms with Gasteiger partial charge < -0.3 is 15.4 Å². The van der Waals surface area contributed by atoms with Crippen LogP contribution in [0.25, 0.3) is 10.2 Å². The van der Waals surface area contributed by atoms with E-state index in [1.54, 1.807) is 16.2 Å². The van der Waals surface area contributed by atoms with E-state index in [0.717, 1.165) is 48.6 Å². The highest BCUT2D eigenvalue weighted by molar-refractivity contribution is 7.20. The number of nitrogens with zero attached hydrogens (tertiary/aromatic N) is 3. The average molecular weight is 395 g/mol. The van der Waals surface area contributed by atoms with Crippen LogP contribution in [0.4, 0.5) is 4.79 Å². The molecular weight excluding hydrogens is 372 g/mol. The van der Waals surface area contributed by atoms with E-state index in [4.69, 9.17) is 10.5 Å². The van der Waals surface area contributed by atoms with E-state index in [2.05, 4.69) is 28.1 Å². The average Bonchev–Trinajstić information content (AvgIpc) is 3.38. The highest BCUT2D eigenvalue weighted by Crippen LogP contribution is 2.33. The summed E-state index contributed by atoms with van der Waals surface area (Å²) in [6.45, 7) is 3.51. The van der Waals surface area contributed by atoms with Gasteiger partial charge in [0.2, 0.25) is 0 Å². The summed E-state index contributed by atoms with van der Waals surface area (Å²) in [7, 11) is 0. The van der Waals surface area contributed by atoms with Crippen LogP contribution in [-0.2, 0) is 6.54 Å². The second kappa shape index (κ2) is 7.07. The Balaban J connectivity index is 1.24. The number of carbonyl (C=O) groups excluding carboxylic acids is 1. The van der Waals surface area contributed by atoms with Gasteiger partial charge in [-0.1, -0.05) is 35.6 Å². The standard InChI is InChI=1S/C21H22N4O2S/c22-20(26)25-12-15-9-10-24(18(15)13-25)11-14-5-7-16(8-6-14)27-21-23-17-3-1-2-4-19(17)28-21/h1-8,15,18H,9-13H2,(H2,22,26)/t15-,18+/m0/s1. The molecule has 28 heavy (non-hydrogen) atoms. The molecule has 2 fully saturated rings. The van der Waals surface area contributed by atoms with Crippen LogP contribution in [0.2, 0.25) is 0 Å². The fourth-order valence-corrected chi connectivity index (χ4v) is 5.15. The lowest BCUT2D eigenvalue weighted by atomic mass is 10.0. The number of hydrogen-bond acceptors (Lipinski definition) is 5. The third-order valence-corrected chi connectivity index (χ3v) is 6.68. The number of carbonyl (C=O) groups is 1. The van der Waals surface area contributed by atoms with Crippen LogP contribution in [-0.4, -0.2) is 46.5 Å². The van der Waals surface area contributed by atoms with Crippen LogP contribution in [0.15, 0.2) is 48.5 Å². The third kappa shape index (κ3) is 3.31. The fourth-order valence-electron chi connectivity index (χ4n) is 4.32. The Morgan fingerprint density at radius 3 is 2.79 bits per heavy atom. The first-order valence-corrected chi connectivity index (χ1v) is 10.4. The smallest absolute Gasteiger partial charge is 0.314 e. The van der Waals surface area contributed by atoms with Gasteiger partial charge in [-0.2, -0.15) is 0 Å². The van der Waals surface area contributed by atoms with Crippen LogP contribution in [0.5, 0.6) is 10.9 Å². The molecular formula is C21H22N4O2S. The first-order valence-electron chi connectivity index (χ1n) is 9.56. The molecule has 2 aliphatic heterocycles. The topological polar surface area (TPSA) is 71.7 Å². The molecule has 6 nitrogen and oxygen atoms in total. The summed E-state index contributed by atoms with van der Waals surface area (Å²) in [4.78, 5) is 20.2. The van der Waals surface area contributed by atoms with Gasteiger partial charge in [0.05, 0.1) is 10.2 Å². The first kappa shape index (κ1) is 17.5. The molecule has 0 aliphatic carbocycles. The molecule has 3 heterocycles. The second-order valence-electron chi connectivity index (χ2n) is 7.52. The van der Waals surface area contributed by atoms with Crippen LogP contribution in [0, 0.1) is 5.92 Å². The quantitative estimate of drug-likeness (QED) is 0.733. The van der Waals surface area contributed by atoms with Crippen molar-refractivity contribution in [2.75, 3.05) is 19.6 Å². The Morgan fingerprint density at radius 1 is 1.18 bits per heavy atom. The van der Waals surface area contributed by atoms with Gasteiger partial charge in [0.25, 0.3) is 5.19 Å². The number of fused-ring (bicyclic) bond motifs is 2. The molecule has 7 heteroatoms. The number of urea groups is 1. The van der Waals surface area contributed by atoms with Crippen molar-refractivity contribution in [3.63, 3.8) is 0 Å². The second-order valence-corrected chi connectivity index (χ2v) is 8.52. The molecule has 3 aromatic rings. The summed E-state index contributed by atoms with van der Waals surface area (Å²) < 4.78 is 7.06. The number of benzene rings is 2. The number of aromatic nitrogens is 1. The fraction of sp³-hybridized carbons (Fsp3) is 0.333. The highest BCUT2D eigenvalue weighted by atomic mass is 32.1. The van der Waals surface area contributed by atoms with Crippen molar-refractivity contribution in [2.45, 2.75) is 19.0 Å². The summed E-state index contributed by atoms with van der Waals surface area (Å²) in [6, 6.07) is 16.4. The van der Waals surface area contributed by atoms with Crippen molar-refractivity contribution >= 4 is 27.6 Å². The van der Waals surface area contributed by atoms with Gasteiger partial charge in [-0.25, -0.2) is 9.78 Å². The van der Waals surface area contributed by atoms with E-state index in [0.29, 0.717) is 17.2 Å². The van der Waals surface area contributed by atoms with E-state index < -0.39 is 0 Å². The minimum absolute atomic E-state index is 0.300. The molecule has 2 amide bonds. The van der Waals surface area contributed by atoms with Gasteiger partial charge in [-0.3, -0.25) is 4.90 Å². The molecule has 0 saturated carbocycles. The van der Waals surface area contributed by atoms with Gasteiger partial charge in [0.1, 0.15) is 5.75 Å². The number of rotatable bonds is 4. The lowest BCUT2D eigenvalue weighted by Crippen LogP contribution is -2.38. The van der Waals surface area contributed by atoms with Crippen LogP contribution >= 0.6 is 11.3 Å². The molecule has 2 aromatic carbocycles. The zero-order valence-corrected chi connectivity index (χ0v) is 16.3. The number of primary amides is 1. The van der Waals surface area contributed by atoms with E-state index in [9.17, 15) is 4.79 Å². The van der Waals surface area contributed by atoms with Crippen molar-refractivity contribution in [1.82, 2.24) is 14.8 Å². The molecule has 1 aromatic heterocycles. The van der Waals surface area contributed by atoms with Gasteiger partial charge in [-0.15, -0.1) is 0 Å². The maximum Gasteiger partial charge on any atom is 0.314 e. The SMILES string of the molecule is NC(=O)N1C[C@@H]2CCN(Cc3ccc(Oc4nc5ccccc5s4)cc3)[C@@H]2C1. The highest BCUT2D eigenvalue weighted by Gasteiger charge is 2.42. The molecule has 0 unspecified atom stereocenters. The summed E-state index contributed by atoms with van der Waals surface area (Å²) in [5, 5.41) is 0.661. The molecule has 2 atom stereocenters. The summed E-state index contributed by atoms with van der Waals surface area (Å²) in [5.41, 5.74) is 7.66. The van der Waals surface area contributed by atoms with Crippen molar-refractivity contribution in [3.05, 3.63) is 54.1 Å². The first-order chi connectivity index (χ1) is 13.7. The molecule has 2 saturated heterocycles. The van der Waals surface area contributed by atoms with Crippen molar-refractivity contribution in [2.24, 2.45) is 11.7 Å². The molecule has 0 radical (unpaired) electrons. The number of ether oxygens (including phenoxy) is 1. The van der Waals surface area contributed by atoms with Gasteiger partial charge in [0.15, 0.2) is 0 Å². The Bertz CT molecular complexity index is 970. The normalized spacial score (nSPS) is 21.9. The van der Waals surface area contributed by atoms with Crippen LogP contribution < -0.4 is 10.5 Å². The van der Waals surface area contributed by atoms with Crippen molar-refractivity contribution < 1.29 is 9.53 Å². The minimum atomic E-state index is -0.300. The van der Waals surface area contributed by atoms with Crippen molar-refractivity contribution in [3.8, 4) is 10.9 Å². The maximum atomic E-state index is 11.5. The summed E-state index contributed by atoms with van der Waals surface area (Å²) >= 11 is 1.55. The predicted molar refractivity (Wildman–Crippen MR) is 110 cm³/mol. The Morgan fingerprint density at radius 2 is 2.00 bits per heavy atom. The number of likely N-dealkylation sites (tertiary alicyclic amines) is 2. The molecule has 5 rings (SSSR count). The number of para-hydroxylation sites is 1. The zero-order chi connectivity index (χ0) is 19.1. The predicted octanol–water partition coefficient (Wildman–Crippen LogP) is 3.67. The van der Waals surface area contributed by atoms with E-state index in [1.165, 1.54) is 5.56 Å². The molecule has 0 spiro atoms. The van der Waals surface area contributed by atoms with Crippen molar-refractivity contribution in [1.29, 1.82) is 0 Å². The molecule has 2 N–H and O–H groups in total. The van der Waals surface area contributed by atoms with Gasteiger partial charge >= 0.3 is 6.03 Å². The minimum Gasteiger partial charge on any atom is -0.431 e. The lowest BCUT2D eigenvalue weighted by Gasteiger charge is -2.24. The summed E-state index contributed by atoms with van der Waals surface area (Å²) in [5.74, 6) is 1.34. The molecule has 2 aliphatic rings. The maximum absolute atomic E-state index is 11.5. The molecule has 144 valence electrons. The van der Waals surface area contributed by atoms with E-state index >= 15 is 0 Å². The number of thiazole rings is 1. The number of nitrogens with two attached hydrogens (primary N) is 1. The Labute approximate surface area is 167 Å².